The van der Waals surface area contributed by atoms with Crippen LogP contribution in [0.5, 0.6) is 5.75 Å². The third-order valence-electron chi connectivity index (χ3n) is 3.97. The van der Waals surface area contributed by atoms with E-state index in [9.17, 15) is 14.9 Å². The first-order chi connectivity index (χ1) is 14.5. The number of benzene rings is 2. The van der Waals surface area contributed by atoms with Gasteiger partial charge in [0.25, 0.3) is 11.6 Å². The van der Waals surface area contributed by atoms with E-state index in [1.165, 1.54) is 19.4 Å². The molecule has 2 N–H and O–H groups in total. The molecule has 0 bridgehead atoms. The summed E-state index contributed by atoms with van der Waals surface area (Å²) < 4.78 is 11.7. The fourth-order valence-corrected chi connectivity index (χ4v) is 2.88. The molecule has 0 atom stereocenters. The Bertz CT molecular complexity index is 1080. The predicted molar refractivity (Wildman–Crippen MR) is 121 cm³/mol. The summed E-state index contributed by atoms with van der Waals surface area (Å²) in [5, 5.41) is 18.2. The average Bonchev–Trinajstić information content (AvgIpc) is 3.21. The highest BCUT2D eigenvalue weighted by molar-refractivity contribution is 14.1. The number of hydrogen-bond donors (Lipinski definition) is 2. The second kappa shape index (κ2) is 9.87. The van der Waals surface area contributed by atoms with Gasteiger partial charge in [0.1, 0.15) is 17.3 Å². The fourth-order valence-electron chi connectivity index (χ4n) is 2.52. The zero-order valence-electron chi connectivity index (χ0n) is 15.8. The Labute approximate surface area is 185 Å². The second-order valence-electron chi connectivity index (χ2n) is 6.00. The number of furan rings is 1. The summed E-state index contributed by atoms with van der Waals surface area (Å²) in [6, 6.07) is 15.3. The van der Waals surface area contributed by atoms with E-state index < -0.39 is 4.92 Å². The summed E-state index contributed by atoms with van der Waals surface area (Å²) in [5.74, 6) is 0.682. The van der Waals surface area contributed by atoms with E-state index >= 15 is 0 Å². The van der Waals surface area contributed by atoms with Crippen LogP contribution in [0.15, 0.2) is 64.1 Å². The number of carbonyl (C=O) groups excluding carboxylic acids is 1. The topological polar surface area (TPSA) is 119 Å². The number of methoxy groups -OCH3 is 1. The molecule has 2 aromatic carbocycles. The van der Waals surface area contributed by atoms with Crippen LogP contribution in [0.4, 0.5) is 11.4 Å². The molecule has 0 aliphatic carbocycles. The Kier molecular flexibility index (Phi) is 7.01. The van der Waals surface area contributed by atoms with Crippen molar-refractivity contribution in [2.24, 2.45) is 5.10 Å². The molecule has 0 saturated carbocycles. The lowest BCUT2D eigenvalue weighted by molar-refractivity contribution is -0.384. The van der Waals surface area contributed by atoms with Gasteiger partial charge in [-0.1, -0.05) is 0 Å². The van der Waals surface area contributed by atoms with Gasteiger partial charge in [0.15, 0.2) is 0 Å². The van der Waals surface area contributed by atoms with Crippen LogP contribution >= 0.6 is 22.6 Å². The summed E-state index contributed by atoms with van der Waals surface area (Å²) in [6.45, 7) is 0.0549. The monoisotopic (exact) mass is 520 g/mol. The van der Waals surface area contributed by atoms with Crippen molar-refractivity contribution in [2.75, 3.05) is 19.0 Å². The van der Waals surface area contributed by atoms with Gasteiger partial charge in [-0.2, -0.15) is 5.10 Å². The standard InChI is InChI=1S/C20H17IN4O5/c1-29-15-6-8-17(18(10-15)25(27)28)19-9-7-16(30-19)11-23-24-20(26)12-22-14-4-2-13(21)3-5-14/h2-11,22H,12H2,1H3,(H,24,26)/b23-11-. The highest BCUT2D eigenvalue weighted by Crippen LogP contribution is 2.33. The van der Waals surface area contributed by atoms with E-state index in [0.29, 0.717) is 22.8 Å². The summed E-state index contributed by atoms with van der Waals surface area (Å²) in [4.78, 5) is 22.7. The van der Waals surface area contributed by atoms with Crippen LogP contribution in [0.2, 0.25) is 0 Å². The molecule has 0 spiro atoms. The van der Waals surface area contributed by atoms with Gasteiger partial charge < -0.3 is 14.5 Å². The van der Waals surface area contributed by atoms with Gasteiger partial charge in [-0.25, -0.2) is 5.43 Å². The fraction of sp³-hybridized carbons (Fsp3) is 0.100. The Balaban J connectivity index is 1.60. The number of nitro benzene ring substituents is 1. The average molecular weight is 520 g/mol. The maximum Gasteiger partial charge on any atom is 0.284 e. The van der Waals surface area contributed by atoms with Crippen molar-refractivity contribution < 1.29 is 18.9 Å². The Morgan fingerprint density at radius 1 is 1.23 bits per heavy atom. The number of nitrogens with zero attached hydrogens (tertiary/aromatic N) is 2. The van der Waals surface area contributed by atoms with Crippen molar-refractivity contribution in [2.45, 2.75) is 0 Å². The Hall–Kier alpha value is -3.41. The number of hydrogen-bond acceptors (Lipinski definition) is 7. The van der Waals surface area contributed by atoms with Gasteiger partial charge in [0.05, 0.1) is 36.4 Å². The van der Waals surface area contributed by atoms with Crippen molar-refractivity contribution in [1.82, 2.24) is 5.43 Å². The van der Waals surface area contributed by atoms with E-state index in [1.54, 1.807) is 24.3 Å². The van der Waals surface area contributed by atoms with Gasteiger partial charge in [0.2, 0.25) is 0 Å². The minimum absolute atomic E-state index is 0.0549. The molecule has 0 fully saturated rings. The maximum absolute atomic E-state index is 11.9. The molecular formula is C20H17IN4O5. The van der Waals surface area contributed by atoms with Crippen molar-refractivity contribution >= 4 is 46.1 Å². The molecule has 10 heteroatoms. The Morgan fingerprint density at radius 3 is 2.70 bits per heavy atom. The first kappa shape index (κ1) is 21.3. The maximum atomic E-state index is 11.9. The lowest BCUT2D eigenvalue weighted by Gasteiger charge is -2.04. The van der Waals surface area contributed by atoms with E-state index in [1.807, 2.05) is 24.3 Å². The number of ether oxygens (including phenoxy) is 1. The first-order valence-corrected chi connectivity index (χ1v) is 9.78. The van der Waals surface area contributed by atoms with Crippen LogP contribution in [0, 0.1) is 13.7 Å². The van der Waals surface area contributed by atoms with Gasteiger partial charge in [0, 0.05) is 9.26 Å². The van der Waals surface area contributed by atoms with Crippen molar-refractivity contribution in [3.63, 3.8) is 0 Å². The number of rotatable bonds is 8. The molecule has 0 aliphatic heterocycles. The summed E-state index contributed by atoms with van der Waals surface area (Å²) >= 11 is 2.20. The molecule has 3 aromatic rings. The Morgan fingerprint density at radius 2 is 2.00 bits per heavy atom. The van der Waals surface area contributed by atoms with Crippen LogP contribution in [0.3, 0.4) is 0 Å². The van der Waals surface area contributed by atoms with E-state index in [4.69, 9.17) is 9.15 Å². The van der Waals surface area contributed by atoms with Crippen LogP contribution < -0.4 is 15.5 Å². The number of hydrazone groups is 1. The third-order valence-corrected chi connectivity index (χ3v) is 4.69. The van der Waals surface area contributed by atoms with Gasteiger partial charge in [-0.3, -0.25) is 14.9 Å². The number of halogens is 1. The minimum Gasteiger partial charge on any atom is -0.497 e. The highest BCUT2D eigenvalue weighted by atomic mass is 127. The van der Waals surface area contributed by atoms with E-state index in [2.05, 4.69) is 38.4 Å². The number of nitrogens with one attached hydrogen (secondary N) is 2. The molecule has 1 amide bonds. The van der Waals surface area contributed by atoms with Gasteiger partial charge in [-0.05, 0) is 71.1 Å². The van der Waals surface area contributed by atoms with Gasteiger partial charge >= 0.3 is 0 Å². The van der Waals surface area contributed by atoms with Crippen LogP contribution in [-0.4, -0.2) is 30.7 Å². The van der Waals surface area contributed by atoms with Crippen molar-refractivity contribution in [1.29, 1.82) is 0 Å². The third kappa shape index (κ3) is 5.56. The zero-order chi connectivity index (χ0) is 21.5. The number of anilines is 1. The number of nitro groups is 1. The molecular weight excluding hydrogens is 503 g/mol. The zero-order valence-corrected chi connectivity index (χ0v) is 18.0. The van der Waals surface area contributed by atoms with Crippen LogP contribution in [0.25, 0.3) is 11.3 Å². The highest BCUT2D eigenvalue weighted by Gasteiger charge is 2.19. The molecule has 3 rings (SSSR count). The predicted octanol–water partition coefficient (Wildman–Crippen LogP) is 4.03. The lowest BCUT2D eigenvalue weighted by atomic mass is 10.1. The second-order valence-corrected chi connectivity index (χ2v) is 7.24. The van der Waals surface area contributed by atoms with E-state index in [-0.39, 0.29) is 18.1 Å². The molecule has 1 aromatic heterocycles. The molecule has 30 heavy (non-hydrogen) atoms. The van der Waals surface area contributed by atoms with E-state index in [0.717, 1.165) is 9.26 Å². The number of carbonyl (C=O) groups is 1. The normalized spacial score (nSPS) is 10.7. The molecule has 9 nitrogen and oxygen atoms in total. The molecule has 0 radical (unpaired) electrons. The van der Waals surface area contributed by atoms with Crippen molar-refractivity contribution in [3.05, 3.63) is 74.0 Å². The summed E-state index contributed by atoms with van der Waals surface area (Å²) in [7, 11) is 1.44. The van der Waals surface area contributed by atoms with Crippen molar-refractivity contribution in [3.8, 4) is 17.1 Å². The van der Waals surface area contributed by atoms with Gasteiger partial charge in [-0.15, -0.1) is 0 Å². The first-order valence-electron chi connectivity index (χ1n) is 8.70. The van der Waals surface area contributed by atoms with Crippen LogP contribution in [-0.2, 0) is 4.79 Å². The SMILES string of the molecule is COc1ccc(-c2ccc(/C=N\NC(=O)CNc3ccc(I)cc3)o2)c([N+](=O)[O-])c1. The molecule has 1 heterocycles. The number of amides is 1. The quantitative estimate of drug-likeness (QED) is 0.200. The summed E-state index contributed by atoms with van der Waals surface area (Å²) in [6.07, 6.45) is 1.32. The molecule has 0 unspecified atom stereocenters. The molecule has 0 aliphatic rings. The summed E-state index contributed by atoms with van der Waals surface area (Å²) in [5.41, 5.74) is 3.39. The van der Waals surface area contributed by atoms with Crippen LogP contribution in [0.1, 0.15) is 5.76 Å². The largest absolute Gasteiger partial charge is 0.497 e. The molecule has 0 saturated heterocycles. The smallest absolute Gasteiger partial charge is 0.284 e. The molecule has 154 valence electrons. The minimum atomic E-state index is -0.505. The lowest BCUT2D eigenvalue weighted by Crippen LogP contribution is -2.25.